The van der Waals surface area contributed by atoms with E-state index in [4.69, 9.17) is 4.74 Å². The fourth-order valence-corrected chi connectivity index (χ4v) is 3.46. The van der Waals surface area contributed by atoms with Crippen LogP contribution in [0.25, 0.3) is 0 Å². The zero-order chi connectivity index (χ0) is 20.3. The number of benzene rings is 2. The Hall–Kier alpha value is -2.82. The summed E-state index contributed by atoms with van der Waals surface area (Å²) in [6.45, 7) is 8.52. The molecule has 5 nitrogen and oxygen atoms in total. The van der Waals surface area contributed by atoms with E-state index >= 15 is 0 Å². The topological polar surface area (TPSA) is 58.6 Å². The van der Waals surface area contributed by atoms with Crippen LogP contribution >= 0.6 is 0 Å². The van der Waals surface area contributed by atoms with Gasteiger partial charge < -0.3 is 15.0 Å². The highest BCUT2D eigenvalue weighted by Gasteiger charge is 2.35. The molecule has 1 atom stereocenters. The molecule has 0 radical (unpaired) electrons. The predicted molar refractivity (Wildman–Crippen MR) is 112 cm³/mol. The average molecular weight is 380 g/mol. The molecular formula is C23H28N2O3. The Kier molecular flexibility index (Phi) is 6.02. The van der Waals surface area contributed by atoms with E-state index in [0.29, 0.717) is 12.5 Å². The maximum absolute atomic E-state index is 12.8. The lowest BCUT2D eigenvalue weighted by molar-refractivity contribution is -0.122. The Bertz CT molecular complexity index is 843. The van der Waals surface area contributed by atoms with Crippen molar-refractivity contribution in [2.24, 2.45) is 5.92 Å². The normalized spacial score (nSPS) is 16.7. The summed E-state index contributed by atoms with van der Waals surface area (Å²) in [6.07, 6.45) is 0.320. The van der Waals surface area contributed by atoms with Gasteiger partial charge in [0.1, 0.15) is 5.75 Å². The molecule has 3 rings (SSSR count). The fraction of sp³-hybridized carbons (Fsp3) is 0.391. The molecule has 0 aromatic heterocycles. The van der Waals surface area contributed by atoms with Gasteiger partial charge in [-0.3, -0.25) is 9.59 Å². The van der Waals surface area contributed by atoms with E-state index < -0.39 is 0 Å². The molecule has 0 spiro atoms. The summed E-state index contributed by atoms with van der Waals surface area (Å²) >= 11 is 0. The highest BCUT2D eigenvalue weighted by atomic mass is 16.5. The smallest absolute Gasteiger partial charge is 0.229 e. The lowest BCUT2D eigenvalue weighted by Crippen LogP contribution is -2.28. The molecule has 0 aliphatic carbocycles. The van der Waals surface area contributed by atoms with Crippen LogP contribution in [-0.4, -0.2) is 24.5 Å². The molecule has 0 saturated carbocycles. The molecular weight excluding hydrogens is 352 g/mol. The van der Waals surface area contributed by atoms with Crippen LogP contribution in [0.3, 0.4) is 0 Å². The molecule has 1 aliphatic heterocycles. The van der Waals surface area contributed by atoms with Crippen molar-refractivity contribution >= 4 is 23.2 Å². The number of hydrogen-bond donors (Lipinski definition) is 1. The van der Waals surface area contributed by atoms with Crippen molar-refractivity contribution in [2.75, 3.05) is 16.8 Å². The first-order chi connectivity index (χ1) is 13.3. The first-order valence-corrected chi connectivity index (χ1v) is 9.82. The number of ether oxygens (including phenoxy) is 1. The molecule has 1 N–H and O–H groups in total. The highest BCUT2D eigenvalue weighted by Crippen LogP contribution is 2.29. The predicted octanol–water partition coefficient (Wildman–Crippen LogP) is 4.59. The van der Waals surface area contributed by atoms with Gasteiger partial charge in [-0.05, 0) is 55.7 Å². The van der Waals surface area contributed by atoms with Gasteiger partial charge in [-0.2, -0.15) is 0 Å². The number of anilines is 2. The molecule has 2 amide bonds. The Morgan fingerprint density at radius 1 is 1.07 bits per heavy atom. The molecule has 0 bridgehead atoms. The standard InChI is InChI=1S/C23H28N2O3/c1-15(2)20-7-5-6-8-21(20)24-23(27)17-13-22(26)25(14-17)18-9-11-19(12-10-18)28-16(3)4/h5-12,15-17H,13-14H2,1-4H3,(H,24,27)/t17-/m0/s1. The fourth-order valence-electron chi connectivity index (χ4n) is 3.46. The second-order valence-electron chi connectivity index (χ2n) is 7.80. The van der Waals surface area contributed by atoms with Crippen LogP contribution in [0.2, 0.25) is 0 Å². The van der Waals surface area contributed by atoms with E-state index in [1.807, 2.05) is 62.4 Å². The zero-order valence-corrected chi connectivity index (χ0v) is 16.9. The number of hydrogen-bond acceptors (Lipinski definition) is 3. The third-order valence-electron chi connectivity index (χ3n) is 4.86. The van der Waals surface area contributed by atoms with E-state index in [-0.39, 0.29) is 30.3 Å². The number of amides is 2. The molecule has 2 aromatic carbocycles. The summed E-state index contributed by atoms with van der Waals surface area (Å²) in [5.74, 6) is 0.576. The quantitative estimate of drug-likeness (QED) is 0.797. The molecule has 148 valence electrons. The largest absolute Gasteiger partial charge is 0.491 e. The average Bonchev–Trinajstić information content (AvgIpc) is 3.04. The second kappa shape index (κ2) is 8.46. The Morgan fingerprint density at radius 3 is 2.39 bits per heavy atom. The van der Waals surface area contributed by atoms with Crippen molar-refractivity contribution in [1.82, 2.24) is 0 Å². The summed E-state index contributed by atoms with van der Waals surface area (Å²) in [6, 6.07) is 15.3. The molecule has 2 aromatic rings. The van der Waals surface area contributed by atoms with Crippen LogP contribution in [0.15, 0.2) is 48.5 Å². The number of rotatable bonds is 6. The van der Waals surface area contributed by atoms with Crippen molar-refractivity contribution in [2.45, 2.75) is 46.1 Å². The van der Waals surface area contributed by atoms with Gasteiger partial charge in [-0.15, -0.1) is 0 Å². The number of carbonyl (C=O) groups excluding carboxylic acids is 2. The Morgan fingerprint density at radius 2 is 1.75 bits per heavy atom. The van der Waals surface area contributed by atoms with E-state index in [1.54, 1.807) is 4.90 Å². The van der Waals surface area contributed by atoms with E-state index in [9.17, 15) is 9.59 Å². The number of nitrogens with one attached hydrogen (secondary N) is 1. The van der Waals surface area contributed by atoms with Gasteiger partial charge in [-0.1, -0.05) is 32.0 Å². The third-order valence-corrected chi connectivity index (χ3v) is 4.86. The maximum Gasteiger partial charge on any atom is 0.229 e. The molecule has 1 saturated heterocycles. The monoisotopic (exact) mass is 380 g/mol. The van der Waals surface area contributed by atoms with Gasteiger partial charge >= 0.3 is 0 Å². The first-order valence-electron chi connectivity index (χ1n) is 9.82. The molecule has 1 aliphatic rings. The van der Waals surface area contributed by atoms with Crippen molar-refractivity contribution in [1.29, 1.82) is 0 Å². The van der Waals surface area contributed by atoms with Crippen LogP contribution in [0.5, 0.6) is 5.75 Å². The van der Waals surface area contributed by atoms with Gasteiger partial charge in [-0.25, -0.2) is 0 Å². The Labute approximate surface area is 166 Å². The number of para-hydroxylation sites is 1. The molecule has 1 heterocycles. The maximum atomic E-state index is 12.8. The summed E-state index contributed by atoms with van der Waals surface area (Å²) in [4.78, 5) is 27.0. The highest BCUT2D eigenvalue weighted by molar-refractivity contribution is 6.03. The van der Waals surface area contributed by atoms with Crippen molar-refractivity contribution in [3.05, 3.63) is 54.1 Å². The van der Waals surface area contributed by atoms with Crippen molar-refractivity contribution < 1.29 is 14.3 Å². The summed E-state index contributed by atoms with van der Waals surface area (Å²) in [5.41, 5.74) is 2.71. The minimum Gasteiger partial charge on any atom is -0.491 e. The van der Waals surface area contributed by atoms with Crippen molar-refractivity contribution in [3.8, 4) is 5.75 Å². The van der Waals surface area contributed by atoms with Crippen LogP contribution < -0.4 is 15.0 Å². The lowest BCUT2D eigenvalue weighted by Gasteiger charge is -2.18. The van der Waals surface area contributed by atoms with Crippen molar-refractivity contribution in [3.63, 3.8) is 0 Å². The van der Waals surface area contributed by atoms with E-state index in [0.717, 1.165) is 22.7 Å². The summed E-state index contributed by atoms with van der Waals surface area (Å²) in [5, 5.41) is 3.02. The first kappa shape index (κ1) is 19.9. The molecule has 28 heavy (non-hydrogen) atoms. The molecule has 5 heteroatoms. The van der Waals surface area contributed by atoms with Gasteiger partial charge in [0.2, 0.25) is 11.8 Å². The summed E-state index contributed by atoms with van der Waals surface area (Å²) in [7, 11) is 0. The van der Waals surface area contributed by atoms with Gasteiger partial charge in [0.15, 0.2) is 0 Å². The number of carbonyl (C=O) groups is 2. The second-order valence-corrected chi connectivity index (χ2v) is 7.80. The Balaban J connectivity index is 1.68. The molecule has 1 fully saturated rings. The van der Waals surface area contributed by atoms with E-state index in [1.165, 1.54) is 0 Å². The summed E-state index contributed by atoms with van der Waals surface area (Å²) < 4.78 is 5.65. The van der Waals surface area contributed by atoms with Gasteiger partial charge in [0, 0.05) is 24.3 Å². The minimum atomic E-state index is -0.362. The minimum absolute atomic E-state index is 0.0326. The van der Waals surface area contributed by atoms with Gasteiger partial charge in [0.05, 0.1) is 12.0 Å². The SMILES string of the molecule is CC(C)Oc1ccc(N2C[C@@H](C(=O)Nc3ccccc3C(C)C)CC2=O)cc1. The number of nitrogens with zero attached hydrogens (tertiary/aromatic N) is 1. The molecule has 0 unspecified atom stereocenters. The lowest BCUT2D eigenvalue weighted by atomic mass is 10.0. The van der Waals surface area contributed by atoms with E-state index in [2.05, 4.69) is 19.2 Å². The van der Waals surface area contributed by atoms with Crippen LogP contribution in [0.4, 0.5) is 11.4 Å². The van der Waals surface area contributed by atoms with Gasteiger partial charge in [0.25, 0.3) is 0 Å². The van der Waals surface area contributed by atoms with Crippen LogP contribution in [0, 0.1) is 5.92 Å². The van der Waals surface area contributed by atoms with Crippen LogP contribution in [-0.2, 0) is 9.59 Å². The zero-order valence-electron chi connectivity index (χ0n) is 16.9. The van der Waals surface area contributed by atoms with Crippen LogP contribution in [0.1, 0.15) is 45.6 Å². The third kappa shape index (κ3) is 4.53.